The zero-order chi connectivity index (χ0) is 17.3. The number of fused-ring (bicyclic) bond motifs is 1. The Morgan fingerprint density at radius 3 is 2.71 bits per heavy atom. The number of halogens is 2. The lowest BCUT2D eigenvalue weighted by Gasteiger charge is -2.36. The predicted molar refractivity (Wildman–Crippen MR) is 98.7 cm³/mol. The molecule has 3 nitrogen and oxygen atoms in total. The zero-order valence-corrected chi connectivity index (χ0v) is 15.2. The van der Waals surface area contributed by atoms with E-state index in [-0.39, 0.29) is 11.9 Å². The number of nitrogens with zero attached hydrogens (tertiary/aromatic N) is 1. The van der Waals surface area contributed by atoms with Gasteiger partial charge in [0.15, 0.2) is 5.78 Å². The molecule has 24 heavy (non-hydrogen) atoms. The van der Waals surface area contributed by atoms with Crippen LogP contribution in [-0.4, -0.2) is 18.4 Å². The van der Waals surface area contributed by atoms with E-state index in [1.165, 1.54) is 0 Å². The van der Waals surface area contributed by atoms with Crippen LogP contribution in [0.1, 0.15) is 36.2 Å². The normalized spacial score (nSPS) is 16.5. The number of ether oxygens (including phenoxy) is 1. The lowest BCUT2D eigenvalue weighted by Crippen LogP contribution is -2.39. The molecule has 5 heteroatoms. The summed E-state index contributed by atoms with van der Waals surface area (Å²) in [5, 5.41) is 1.27. The van der Waals surface area contributed by atoms with Gasteiger partial charge in [0.2, 0.25) is 0 Å². The fourth-order valence-electron chi connectivity index (χ4n) is 2.86. The fourth-order valence-corrected chi connectivity index (χ4v) is 3.33. The molecule has 0 radical (unpaired) electrons. The third kappa shape index (κ3) is 3.52. The van der Waals surface area contributed by atoms with Crippen molar-refractivity contribution in [1.29, 1.82) is 0 Å². The maximum absolute atomic E-state index is 11.7. The van der Waals surface area contributed by atoms with Crippen molar-refractivity contribution in [3.8, 4) is 5.75 Å². The number of rotatable bonds is 4. The largest absolute Gasteiger partial charge is 0.486 e. The fraction of sp³-hybridized carbons (Fsp3) is 0.316. The maximum atomic E-state index is 11.7. The van der Waals surface area contributed by atoms with E-state index in [1.54, 1.807) is 13.0 Å². The molecule has 1 heterocycles. The summed E-state index contributed by atoms with van der Waals surface area (Å²) in [4.78, 5) is 13.9. The van der Waals surface area contributed by atoms with Crippen molar-refractivity contribution in [2.45, 2.75) is 32.9 Å². The standard InChI is InChI=1S/C19H19Cl2NO2/c1-3-16-11-22(10-14-4-6-15(20)9-17(14)21)18-8-13(12(2)23)5-7-19(18)24-16/h4-9,16H,3,10-11H2,1-2H3. The highest BCUT2D eigenvalue weighted by Crippen LogP contribution is 2.37. The Balaban J connectivity index is 1.97. The number of hydrogen-bond acceptors (Lipinski definition) is 3. The lowest BCUT2D eigenvalue weighted by molar-refractivity contribution is 0.101. The van der Waals surface area contributed by atoms with E-state index in [9.17, 15) is 4.79 Å². The Morgan fingerprint density at radius 1 is 1.25 bits per heavy atom. The van der Waals surface area contributed by atoms with Crippen molar-refractivity contribution in [3.63, 3.8) is 0 Å². The molecule has 2 aromatic carbocycles. The summed E-state index contributed by atoms with van der Waals surface area (Å²) in [7, 11) is 0. The summed E-state index contributed by atoms with van der Waals surface area (Å²) in [5.74, 6) is 0.850. The Hall–Kier alpha value is -1.71. The van der Waals surface area contributed by atoms with Crippen LogP contribution in [-0.2, 0) is 6.54 Å². The minimum absolute atomic E-state index is 0.0416. The van der Waals surface area contributed by atoms with Crippen LogP contribution in [0.3, 0.4) is 0 Å². The molecule has 0 spiro atoms. The van der Waals surface area contributed by atoms with Crippen molar-refractivity contribution in [2.75, 3.05) is 11.4 Å². The third-order valence-electron chi connectivity index (χ3n) is 4.26. The van der Waals surface area contributed by atoms with Crippen molar-refractivity contribution in [1.82, 2.24) is 0 Å². The molecule has 0 aliphatic carbocycles. The average molecular weight is 364 g/mol. The molecule has 3 rings (SSSR count). The average Bonchev–Trinajstić information content (AvgIpc) is 2.56. The van der Waals surface area contributed by atoms with Gasteiger partial charge in [-0.2, -0.15) is 0 Å². The van der Waals surface area contributed by atoms with Gasteiger partial charge in [-0.05, 0) is 49.2 Å². The molecule has 0 saturated carbocycles. The van der Waals surface area contributed by atoms with Gasteiger partial charge in [-0.25, -0.2) is 0 Å². The minimum atomic E-state index is 0.0416. The second-order valence-corrected chi connectivity index (χ2v) is 6.85. The molecule has 1 atom stereocenters. The Kier molecular flexibility index (Phi) is 5.02. The van der Waals surface area contributed by atoms with E-state index >= 15 is 0 Å². The summed E-state index contributed by atoms with van der Waals surface area (Å²) in [6, 6.07) is 11.1. The van der Waals surface area contributed by atoms with Gasteiger partial charge in [0.1, 0.15) is 11.9 Å². The van der Waals surface area contributed by atoms with Gasteiger partial charge in [0.25, 0.3) is 0 Å². The third-order valence-corrected chi connectivity index (χ3v) is 4.84. The first-order chi connectivity index (χ1) is 11.5. The molecule has 1 aliphatic heterocycles. The zero-order valence-electron chi connectivity index (χ0n) is 13.7. The second-order valence-electron chi connectivity index (χ2n) is 6.00. The van der Waals surface area contributed by atoms with Crippen molar-refractivity contribution in [2.24, 2.45) is 0 Å². The highest BCUT2D eigenvalue weighted by molar-refractivity contribution is 6.35. The molecule has 0 N–H and O–H groups in total. The van der Waals surface area contributed by atoms with Gasteiger partial charge < -0.3 is 9.64 Å². The summed E-state index contributed by atoms with van der Waals surface area (Å²) < 4.78 is 6.03. The first-order valence-corrected chi connectivity index (χ1v) is 8.74. The number of anilines is 1. The Bertz CT molecular complexity index is 776. The van der Waals surface area contributed by atoms with E-state index in [0.29, 0.717) is 22.2 Å². The number of carbonyl (C=O) groups is 1. The first-order valence-electron chi connectivity index (χ1n) is 7.98. The molecule has 0 bridgehead atoms. The number of Topliss-reactive ketones (excluding diaryl/α,β-unsaturated/α-hetero) is 1. The van der Waals surface area contributed by atoms with Crippen LogP contribution < -0.4 is 9.64 Å². The summed E-state index contributed by atoms with van der Waals surface area (Å²) in [6.45, 7) is 5.07. The Morgan fingerprint density at radius 2 is 2.04 bits per heavy atom. The van der Waals surface area contributed by atoms with Gasteiger partial charge >= 0.3 is 0 Å². The number of carbonyl (C=O) groups excluding carboxylic acids is 1. The van der Waals surface area contributed by atoms with E-state index in [4.69, 9.17) is 27.9 Å². The second kappa shape index (κ2) is 7.04. The van der Waals surface area contributed by atoms with Gasteiger partial charge in [-0.1, -0.05) is 36.2 Å². The first kappa shape index (κ1) is 17.1. The van der Waals surface area contributed by atoms with Gasteiger partial charge in [-0.3, -0.25) is 4.79 Å². The highest BCUT2D eigenvalue weighted by atomic mass is 35.5. The van der Waals surface area contributed by atoms with Crippen molar-refractivity contribution < 1.29 is 9.53 Å². The molecule has 0 aromatic heterocycles. The van der Waals surface area contributed by atoms with E-state index in [0.717, 1.165) is 30.0 Å². The van der Waals surface area contributed by atoms with Gasteiger partial charge in [0.05, 0.1) is 12.2 Å². The molecular formula is C19H19Cl2NO2. The smallest absolute Gasteiger partial charge is 0.159 e. The predicted octanol–water partition coefficient (Wildman–Crippen LogP) is 5.37. The molecular weight excluding hydrogens is 345 g/mol. The van der Waals surface area contributed by atoms with Crippen LogP contribution in [0.2, 0.25) is 10.0 Å². The van der Waals surface area contributed by atoms with Crippen LogP contribution in [0.25, 0.3) is 0 Å². The van der Waals surface area contributed by atoms with Crippen LogP contribution in [0.15, 0.2) is 36.4 Å². The summed E-state index contributed by atoms with van der Waals surface area (Å²) in [5.41, 5.74) is 2.61. The number of hydrogen-bond donors (Lipinski definition) is 0. The van der Waals surface area contributed by atoms with Crippen LogP contribution in [0, 0.1) is 0 Å². The van der Waals surface area contributed by atoms with Crippen LogP contribution >= 0.6 is 23.2 Å². The van der Waals surface area contributed by atoms with Crippen LogP contribution in [0.5, 0.6) is 5.75 Å². The highest BCUT2D eigenvalue weighted by Gasteiger charge is 2.26. The molecule has 126 valence electrons. The quantitative estimate of drug-likeness (QED) is 0.683. The van der Waals surface area contributed by atoms with Gasteiger partial charge in [0, 0.05) is 22.2 Å². The number of ketones is 1. The molecule has 1 unspecified atom stereocenters. The topological polar surface area (TPSA) is 29.5 Å². The molecule has 0 fully saturated rings. The van der Waals surface area contributed by atoms with E-state index in [2.05, 4.69) is 11.8 Å². The number of benzene rings is 2. The minimum Gasteiger partial charge on any atom is -0.486 e. The molecule has 2 aromatic rings. The molecule has 0 saturated heterocycles. The van der Waals surface area contributed by atoms with Crippen molar-refractivity contribution in [3.05, 3.63) is 57.6 Å². The maximum Gasteiger partial charge on any atom is 0.159 e. The molecule has 1 aliphatic rings. The van der Waals surface area contributed by atoms with Crippen LogP contribution in [0.4, 0.5) is 5.69 Å². The SMILES string of the molecule is CCC1CN(Cc2ccc(Cl)cc2Cl)c2cc(C(C)=O)ccc2O1. The monoisotopic (exact) mass is 363 g/mol. The van der Waals surface area contributed by atoms with E-state index < -0.39 is 0 Å². The molecule has 0 amide bonds. The summed E-state index contributed by atoms with van der Waals surface area (Å²) >= 11 is 12.3. The van der Waals surface area contributed by atoms with E-state index in [1.807, 2.05) is 30.3 Å². The Labute approximate surface area is 152 Å². The summed E-state index contributed by atoms with van der Waals surface area (Å²) in [6.07, 6.45) is 1.03. The van der Waals surface area contributed by atoms with Gasteiger partial charge in [-0.15, -0.1) is 0 Å². The lowest BCUT2D eigenvalue weighted by atomic mass is 10.1. The van der Waals surface area contributed by atoms with Crippen molar-refractivity contribution >= 4 is 34.7 Å².